The van der Waals surface area contributed by atoms with Gasteiger partial charge in [0.25, 0.3) is 0 Å². The van der Waals surface area contributed by atoms with Crippen LogP contribution < -0.4 is 5.32 Å². The van der Waals surface area contributed by atoms with E-state index in [4.69, 9.17) is 0 Å². The smallest absolute Gasteiger partial charge is 0.305 e. The summed E-state index contributed by atoms with van der Waals surface area (Å²) in [4.78, 5) is 45.5. The summed E-state index contributed by atoms with van der Waals surface area (Å²) in [5.74, 6) is -1.81. The van der Waals surface area contributed by atoms with Crippen molar-refractivity contribution in [3.8, 4) is 0 Å². The molecule has 0 saturated heterocycles. The standard InChI is InChI=1S/C14H23NO6/c1-9(5-7-12(17)20-3)14(19)15-11(10(2)16)6-8-13(18)21-4/h9,11H,5-8H2,1-4H3,(H,15,19). The van der Waals surface area contributed by atoms with E-state index in [-0.39, 0.29) is 36.9 Å². The summed E-state index contributed by atoms with van der Waals surface area (Å²) in [5, 5.41) is 2.59. The molecule has 0 radical (unpaired) electrons. The van der Waals surface area contributed by atoms with Crippen molar-refractivity contribution in [2.45, 2.75) is 45.6 Å². The number of rotatable bonds is 9. The minimum absolute atomic E-state index is 0.0531. The molecule has 120 valence electrons. The number of hydrogen-bond acceptors (Lipinski definition) is 6. The molecule has 0 aliphatic heterocycles. The Balaban J connectivity index is 4.36. The Labute approximate surface area is 124 Å². The monoisotopic (exact) mass is 301 g/mol. The lowest BCUT2D eigenvalue weighted by atomic mass is 10.0. The number of Topliss-reactive ketones (excluding diaryl/α,β-unsaturated/α-hetero) is 1. The van der Waals surface area contributed by atoms with Crippen LogP contribution in [0, 0.1) is 5.92 Å². The lowest BCUT2D eigenvalue weighted by Crippen LogP contribution is -2.42. The molecular formula is C14H23NO6. The minimum Gasteiger partial charge on any atom is -0.469 e. The van der Waals surface area contributed by atoms with Crippen LogP contribution in [-0.2, 0) is 28.7 Å². The molecule has 0 aliphatic rings. The molecule has 0 aromatic heterocycles. The third-order valence-corrected chi connectivity index (χ3v) is 3.13. The third kappa shape index (κ3) is 8.06. The molecule has 0 aromatic rings. The first kappa shape index (κ1) is 19.1. The van der Waals surface area contributed by atoms with Gasteiger partial charge in [-0.25, -0.2) is 0 Å². The van der Waals surface area contributed by atoms with Crippen molar-refractivity contribution in [3.05, 3.63) is 0 Å². The molecule has 0 spiro atoms. The van der Waals surface area contributed by atoms with E-state index < -0.39 is 17.9 Å². The Bertz CT molecular complexity index is 393. The fourth-order valence-electron chi connectivity index (χ4n) is 1.62. The summed E-state index contributed by atoms with van der Waals surface area (Å²) in [6, 6.07) is -0.725. The average molecular weight is 301 g/mol. The van der Waals surface area contributed by atoms with Crippen LogP contribution in [0.3, 0.4) is 0 Å². The topological polar surface area (TPSA) is 98.8 Å². The van der Waals surface area contributed by atoms with Crippen LogP contribution in [0.25, 0.3) is 0 Å². The number of methoxy groups -OCH3 is 2. The maximum absolute atomic E-state index is 11.9. The fraction of sp³-hybridized carbons (Fsp3) is 0.714. The molecule has 2 atom stereocenters. The molecule has 7 heteroatoms. The van der Waals surface area contributed by atoms with Crippen molar-refractivity contribution in [3.63, 3.8) is 0 Å². The molecule has 21 heavy (non-hydrogen) atoms. The predicted octanol–water partition coefficient (Wildman–Crippen LogP) is 0.603. The SMILES string of the molecule is COC(=O)CCC(C)C(=O)NC(CCC(=O)OC)C(C)=O. The van der Waals surface area contributed by atoms with E-state index in [1.165, 1.54) is 21.1 Å². The van der Waals surface area contributed by atoms with Crippen LogP contribution in [0.5, 0.6) is 0 Å². The first-order valence-electron chi connectivity index (χ1n) is 6.76. The van der Waals surface area contributed by atoms with E-state index in [1.807, 2.05) is 0 Å². The summed E-state index contributed by atoms with van der Waals surface area (Å²) >= 11 is 0. The highest BCUT2D eigenvalue weighted by atomic mass is 16.5. The minimum atomic E-state index is -0.725. The number of ether oxygens (including phenoxy) is 2. The van der Waals surface area contributed by atoms with Gasteiger partial charge in [-0.05, 0) is 19.8 Å². The zero-order valence-corrected chi connectivity index (χ0v) is 12.9. The number of carbonyl (C=O) groups is 4. The van der Waals surface area contributed by atoms with Crippen LogP contribution in [0.1, 0.15) is 39.5 Å². The van der Waals surface area contributed by atoms with Gasteiger partial charge in [0, 0.05) is 18.8 Å². The molecule has 0 fully saturated rings. The largest absolute Gasteiger partial charge is 0.469 e. The lowest BCUT2D eigenvalue weighted by molar-refractivity contribution is -0.142. The highest BCUT2D eigenvalue weighted by molar-refractivity contribution is 5.88. The maximum atomic E-state index is 11.9. The second-order valence-electron chi connectivity index (χ2n) is 4.80. The Kier molecular flexibility index (Phi) is 9.00. The van der Waals surface area contributed by atoms with Crippen LogP contribution in [-0.4, -0.2) is 43.9 Å². The van der Waals surface area contributed by atoms with E-state index in [9.17, 15) is 19.2 Å². The zero-order valence-electron chi connectivity index (χ0n) is 12.9. The van der Waals surface area contributed by atoms with Crippen LogP contribution >= 0.6 is 0 Å². The van der Waals surface area contributed by atoms with Gasteiger partial charge in [-0.3, -0.25) is 19.2 Å². The van der Waals surface area contributed by atoms with Gasteiger partial charge in [0.05, 0.1) is 20.3 Å². The van der Waals surface area contributed by atoms with Gasteiger partial charge in [0.1, 0.15) is 0 Å². The summed E-state index contributed by atoms with van der Waals surface area (Å²) in [6.07, 6.45) is 0.715. The van der Waals surface area contributed by atoms with Gasteiger partial charge in [0.15, 0.2) is 5.78 Å². The van der Waals surface area contributed by atoms with E-state index in [0.717, 1.165) is 0 Å². The summed E-state index contributed by atoms with van der Waals surface area (Å²) < 4.78 is 9.00. The molecular weight excluding hydrogens is 278 g/mol. The quantitative estimate of drug-likeness (QED) is 0.626. The van der Waals surface area contributed by atoms with Gasteiger partial charge in [-0.2, -0.15) is 0 Å². The van der Waals surface area contributed by atoms with Crippen LogP contribution in [0.4, 0.5) is 0 Å². The van der Waals surface area contributed by atoms with E-state index in [0.29, 0.717) is 6.42 Å². The molecule has 0 saturated carbocycles. The highest BCUT2D eigenvalue weighted by Gasteiger charge is 2.22. The van der Waals surface area contributed by atoms with Gasteiger partial charge in [-0.15, -0.1) is 0 Å². The predicted molar refractivity (Wildman–Crippen MR) is 74.3 cm³/mol. The number of hydrogen-bond donors (Lipinski definition) is 1. The molecule has 0 aliphatic carbocycles. The first-order chi connectivity index (χ1) is 9.81. The normalized spacial score (nSPS) is 13.0. The molecule has 0 bridgehead atoms. The van der Waals surface area contributed by atoms with Gasteiger partial charge < -0.3 is 14.8 Å². The van der Waals surface area contributed by atoms with Crippen molar-refractivity contribution < 1.29 is 28.7 Å². The molecule has 0 rings (SSSR count). The van der Waals surface area contributed by atoms with E-state index in [2.05, 4.69) is 14.8 Å². The highest BCUT2D eigenvalue weighted by Crippen LogP contribution is 2.08. The van der Waals surface area contributed by atoms with Crippen molar-refractivity contribution in [1.82, 2.24) is 5.32 Å². The Hall–Kier alpha value is -1.92. The van der Waals surface area contributed by atoms with Crippen molar-refractivity contribution >= 4 is 23.6 Å². The molecule has 0 heterocycles. The lowest BCUT2D eigenvalue weighted by Gasteiger charge is -2.18. The summed E-state index contributed by atoms with van der Waals surface area (Å²) in [7, 11) is 2.55. The molecule has 7 nitrogen and oxygen atoms in total. The Morgan fingerprint density at radius 1 is 0.952 bits per heavy atom. The van der Waals surface area contributed by atoms with E-state index >= 15 is 0 Å². The van der Waals surface area contributed by atoms with Crippen molar-refractivity contribution in [2.24, 2.45) is 5.92 Å². The maximum Gasteiger partial charge on any atom is 0.305 e. The second kappa shape index (κ2) is 9.90. The number of esters is 2. The van der Waals surface area contributed by atoms with Crippen molar-refractivity contribution in [1.29, 1.82) is 0 Å². The summed E-state index contributed by atoms with van der Waals surface area (Å²) in [5.41, 5.74) is 0. The zero-order chi connectivity index (χ0) is 16.4. The summed E-state index contributed by atoms with van der Waals surface area (Å²) in [6.45, 7) is 3.01. The molecule has 0 aromatic carbocycles. The van der Waals surface area contributed by atoms with Gasteiger partial charge >= 0.3 is 11.9 Å². The number of carbonyl (C=O) groups excluding carboxylic acids is 4. The average Bonchev–Trinajstić information content (AvgIpc) is 2.47. The van der Waals surface area contributed by atoms with Crippen molar-refractivity contribution in [2.75, 3.05) is 14.2 Å². The molecule has 1 N–H and O–H groups in total. The fourth-order valence-corrected chi connectivity index (χ4v) is 1.62. The van der Waals surface area contributed by atoms with E-state index in [1.54, 1.807) is 6.92 Å². The first-order valence-corrected chi connectivity index (χ1v) is 6.76. The third-order valence-electron chi connectivity index (χ3n) is 3.13. The molecule has 1 amide bonds. The van der Waals surface area contributed by atoms with Gasteiger partial charge in [-0.1, -0.05) is 6.92 Å². The number of ketones is 1. The second-order valence-corrected chi connectivity index (χ2v) is 4.80. The Morgan fingerprint density at radius 2 is 1.43 bits per heavy atom. The number of amides is 1. The van der Waals surface area contributed by atoms with Gasteiger partial charge in [0.2, 0.25) is 5.91 Å². The number of nitrogens with one attached hydrogen (secondary N) is 1. The molecule has 2 unspecified atom stereocenters. The van der Waals surface area contributed by atoms with Crippen LogP contribution in [0.2, 0.25) is 0 Å². The van der Waals surface area contributed by atoms with Crippen LogP contribution in [0.15, 0.2) is 0 Å². The Morgan fingerprint density at radius 3 is 1.86 bits per heavy atom.